The lowest BCUT2D eigenvalue weighted by molar-refractivity contribution is -0.394. The monoisotopic (exact) mass is 612 g/mol. The van der Waals surface area contributed by atoms with Crippen LogP contribution in [0.15, 0.2) is 59.5 Å². The zero-order valence-corrected chi connectivity index (χ0v) is 23.6. The summed E-state index contributed by atoms with van der Waals surface area (Å²) in [4.78, 5) is 59.9. The fourth-order valence-corrected chi connectivity index (χ4v) is 4.79. The molecule has 0 bridgehead atoms. The Kier molecular flexibility index (Phi) is 9.08. The summed E-state index contributed by atoms with van der Waals surface area (Å²) >= 11 is 6.64. The number of carbonyl (C=O) groups excluding carboxylic acids is 3. The van der Waals surface area contributed by atoms with Gasteiger partial charge in [0.1, 0.15) is 6.54 Å². The Labute approximate surface area is 247 Å². The first-order valence-electron chi connectivity index (χ1n) is 12.2. The Bertz CT molecular complexity index is 1660. The highest BCUT2D eigenvalue weighted by molar-refractivity contribution is 8.18. The Balaban J connectivity index is 1.53. The van der Waals surface area contributed by atoms with Crippen molar-refractivity contribution in [2.45, 2.75) is 13.8 Å². The highest BCUT2D eigenvalue weighted by Crippen LogP contribution is 2.39. The van der Waals surface area contributed by atoms with Crippen LogP contribution in [0.2, 0.25) is 5.02 Å². The van der Waals surface area contributed by atoms with Crippen molar-refractivity contribution in [3.8, 4) is 17.2 Å². The number of amides is 3. The predicted molar refractivity (Wildman–Crippen MR) is 155 cm³/mol. The van der Waals surface area contributed by atoms with E-state index in [-0.39, 0.29) is 28.8 Å². The average molecular weight is 613 g/mol. The van der Waals surface area contributed by atoms with E-state index in [2.05, 4.69) is 5.32 Å². The fraction of sp³-hybridized carbons (Fsp3) is 0.148. The summed E-state index contributed by atoms with van der Waals surface area (Å²) in [5.41, 5.74) is 0.565. The molecule has 3 aromatic carbocycles. The molecule has 0 unspecified atom stereocenters. The summed E-state index contributed by atoms with van der Waals surface area (Å²) in [6.45, 7) is 3.17. The molecule has 3 amide bonds. The molecule has 0 saturated carbocycles. The lowest BCUT2D eigenvalue weighted by Gasteiger charge is -2.14. The third-order valence-electron chi connectivity index (χ3n) is 5.78. The van der Waals surface area contributed by atoms with Gasteiger partial charge in [-0.25, -0.2) is 0 Å². The molecule has 216 valence electrons. The van der Waals surface area contributed by atoms with E-state index in [1.807, 2.05) is 0 Å². The van der Waals surface area contributed by atoms with Crippen molar-refractivity contribution in [1.82, 2.24) is 4.90 Å². The maximum Gasteiger partial charge on any atom is 0.318 e. The van der Waals surface area contributed by atoms with E-state index in [0.717, 1.165) is 28.7 Å². The third-order valence-corrected chi connectivity index (χ3v) is 6.93. The SMILES string of the molecule is CCOc1cc(/C=C2/SC(=O)N(CC(=O)Nc3cc(Cl)ccc3C)C2=O)ccc1Oc1ccc([N+](=O)[O-])cc1[N+](=O)[O-]. The number of anilines is 1. The number of nitro groups is 2. The lowest BCUT2D eigenvalue weighted by Crippen LogP contribution is -2.36. The van der Waals surface area contributed by atoms with Gasteiger partial charge in [-0.2, -0.15) is 0 Å². The van der Waals surface area contributed by atoms with E-state index in [4.69, 9.17) is 21.1 Å². The summed E-state index contributed by atoms with van der Waals surface area (Å²) in [5.74, 6) is -1.25. The normalized spacial score (nSPS) is 13.8. The van der Waals surface area contributed by atoms with Gasteiger partial charge in [-0.15, -0.1) is 0 Å². The van der Waals surface area contributed by atoms with Crippen LogP contribution in [-0.2, 0) is 9.59 Å². The van der Waals surface area contributed by atoms with Gasteiger partial charge in [0, 0.05) is 16.8 Å². The molecule has 1 saturated heterocycles. The van der Waals surface area contributed by atoms with Gasteiger partial charge in [0.25, 0.3) is 16.8 Å². The molecular weight excluding hydrogens is 592 g/mol. The number of nitrogens with one attached hydrogen (secondary N) is 1. The van der Waals surface area contributed by atoms with Gasteiger partial charge < -0.3 is 14.8 Å². The minimum absolute atomic E-state index is 0.0638. The van der Waals surface area contributed by atoms with Gasteiger partial charge in [-0.3, -0.25) is 39.5 Å². The molecule has 0 aliphatic carbocycles. The third kappa shape index (κ3) is 6.85. The smallest absolute Gasteiger partial charge is 0.318 e. The van der Waals surface area contributed by atoms with Crippen LogP contribution in [0, 0.1) is 27.2 Å². The highest BCUT2D eigenvalue weighted by atomic mass is 35.5. The number of halogens is 1. The predicted octanol–water partition coefficient (Wildman–Crippen LogP) is 6.33. The summed E-state index contributed by atoms with van der Waals surface area (Å²) < 4.78 is 11.3. The maximum atomic E-state index is 13.0. The number of nitro benzene ring substituents is 2. The number of hydrogen-bond donors (Lipinski definition) is 1. The summed E-state index contributed by atoms with van der Waals surface area (Å²) in [6, 6.07) is 12.4. The van der Waals surface area contributed by atoms with Crippen LogP contribution in [0.1, 0.15) is 18.1 Å². The number of hydrogen-bond acceptors (Lipinski definition) is 10. The van der Waals surface area contributed by atoms with Crippen LogP contribution in [0.25, 0.3) is 6.08 Å². The molecule has 0 atom stereocenters. The summed E-state index contributed by atoms with van der Waals surface area (Å²) in [6.07, 6.45) is 1.44. The highest BCUT2D eigenvalue weighted by Gasteiger charge is 2.36. The van der Waals surface area contributed by atoms with Gasteiger partial charge in [-0.05, 0) is 73.1 Å². The molecule has 4 rings (SSSR count). The molecule has 1 N–H and O–H groups in total. The van der Waals surface area contributed by atoms with Crippen molar-refractivity contribution >= 4 is 63.6 Å². The molecule has 1 heterocycles. The molecule has 15 heteroatoms. The largest absolute Gasteiger partial charge is 0.490 e. The summed E-state index contributed by atoms with van der Waals surface area (Å²) in [7, 11) is 0. The van der Waals surface area contributed by atoms with Crippen molar-refractivity contribution in [2.75, 3.05) is 18.5 Å². The number of nitrogens with zero attached hydrogens (tertiary/aromatic N) is 3. The zero-order chi connectivity index (χ0) is 30.6. The average Bonchev–Trinajstić information content (AvgIpc) is 3.19. The molecule has 1 fully saturated rings. The molecule has 0 radical (unpaired) electrons. The Morgan fingerprint density at radius 1 is 1.02 bits per heavy atom. The molecule has 0 aromatic heterocycles. The molecule has 1 aliphatic heterocycles. The van der Waals surface area contributed by atoms with E-state index in [1.165, 1.54) is 24.3 Å². The first-order valence-corrected chi connectivity index (χ1v) is 13.3. The van der Waals surface area contributed by atoms with E-state index in [1.54, 1.807) is 32.0 Å². The number of thioether (sulfide) groups is 1. The van der Waals surface area contributed by atoms with Crippen molar-refractivity contribution < 1.29 is 33.7 Å². The Hall–Kier alpha value is -4.95. The number of rotatable bonds is 10. The molecular formula is C27H21ClN4O9S. The van der Waals surface area contributed by atoms with E-state index < -0.39 is 44.8 Å². The van der Waals surface area contributed by atoms with Gasteiger partial charge >= 0.3 is 5.69 Å². The van der Waals surface area contributed by atoms with Crippen molar-refractivity contribution in [3.63, 3.8) is 0 Å². The number of ether oxygens (including phenoxy) is 2. The second-order valence-electron chi connectivity index (χ2n) is 8.68. The first-order chi connectivity index (χ1) is 20.0. The quantitative estimate of drug-likeness (QED) is 0.155. The number of aryl methyl sites for hydroxylation is 1. The second kappa shape index (κ2) is 12.7. The number of benzene rings is 3. The lowest BCUT2D eigenvalue weighted by atomic mass is 10.1. The van der Waals surface area contributed by atoms with Crippen LogP contribution < -0.4 is 14.8 Å². The van der Waals surface area contributed by atoms with Crippen molar-refractivity contribution in [1.29, 1.82) is 0 Å². The second-order valence-corrected chi connectivity index (χ2v) is 10.1. The standard InChI is InChI=1S/C27H21ClN4O9S/c1-3-40-23-10-16(5-8-22(23)41-21-9-7-18(31(36)37)13-20(21)32(38)39)11-24-26(34)30(27(35)42-24)14-25(33)29-19-12-17(28)6-4-15(19)2/h4-13H,3,14H2,1-2H3,(H,29,33)/b24-11+. The van der Waals surface area contributed by atoms with Crippen LogP contribution in [0.4, 0.5) is 21.9 Å². The van der Waals surface area contributed by atoms with Crippen LogP contribution in [0.3, 0.4) is 0 Å². The van der Waals surface area contributed by atoms with Crippen molar-refractivity contribution in [2.24, 2.45) is 0 Å². The maximum absolute atomic E-state index is 13.0. The minimum Gasteiger partial charge on any atom is -0.490 e. The Morgan fingerprint density at radius 2 is 1.76 bits per heavy atom. The van der Waals surface area contributed by atoms with Crippen molar-refractivity contribution in [3.05, 3.63) is 95.9 Å². The summed E-state index contributed by atoms with van der Waals surface area (Å²) in [5, 5.41) is 24.9. The van der Waals surface area contributed by atoms with E-state index >= 15 is 0 Å². The molecule has 0 spiro atoms. The topological polar surface area (TPSA) is 171 Å². The molecule has 13 nitrogen and oxygen atoms in total. The Morgan fingerprint density at radius 3 is 2.45 bits per heavy atom. The number of non-ortho nitro benzene ring substituents is 1. The number of imide groups is 1. The van der Waals surface area contributed by atoms with Gasteiger partial charge in [0.2, 0.25) is 11.7 Å². The zero-order valence-electron chi connectivity index (χ0n) is 22.0. The number of carbonyl (C=O) groups is 3. The fourth-order valence-electron chi connectivity index (χ4n) is 3.78. The molecule has 3 aromatic rings. The van der Waals surface area contributed by atoms with E-state index in [0.29, 0.717) is 28.0 Å². The van der Waals surface area contributed by atoms with Gasteiger partial charge in [0.15, 0.2) is 11.5 Å². The van der Waals surface area contributed by atoms with Gasteiger partial charge in [0.05, 0.1) is 27.4 Å². The van der Waals surface area contributed by atoms with E-state index in [9.17, 15) is 34.6 Å². The first kappa shape index (κ1) is 30.0. The van der Waals surface area contributed by atoms with Gasteiger partial charge in [-0.1, -0.05) is 23.7 Å². The molecule has 42 heavy (non-hydrogen) atoms. The van der Waals surface area contributed by atoms with Crippen LogP contribution in [-0.4, -0.2) is 45.0 Å². The minimum atomic E-state index is -0.802. The van der Waals surface area contributed by atoms with Crippen LogP contribution in [0.5, 0.6) is 17.2 Å². The van der Waals surface area contributed by atoms with Crippen LogP contribution >= 0.6 is 23.4 Å². The molecule has 1 aliphatic rings.